The Labute approximate surface area is 115 Å². The number of methoxy groups -OCH3 is 2. The van der Waals surface area contributed by atoms with Gasteiger partial charge in [0.05, 0.1) is 19.9 Å². The molecule has 0 saturated carbocycles. The van der Waals surface area contributed by atoms with E-state index in [4.69, 9.17) is 9.47 Å². The SMILES string of the molecule is CCCNC1CCN(c2cc(OC)ccc2OC)C1. The zero-order valence-electron chi connectivity index (χ0n) is 12.1. The van der Waals surface area contributed by atoms with Crippen LogP contribution in [0, 0.1) is 0 Å². The van der Waals surface area contributed by atoms with Crippen molar-refractivity contribution in [2.45, 2.75) is 25.8 Å². The second-order valence-corrected chi connectivity index (χ2v) is 4.92. The van der Waals surface area contributed by atoms with E-state index in [0.29, 0.717) is 6.04 Å². The minimum Gasteiger partial charge on any atom is -0.497 e. The molecule has 2 rings (SSSR count). The topological polar surface area (TPSA) is 33.7 Å². The Bertz CT molecular complexity index is 409. The highest BCUT2D eigenvalue weighted by molar-refractivity contribution is 5.62. The first-order valence-corrected chi connectivity index (χ1v) is 6.98. The second-order valence-electron chi connectivity index (χ2n) is 4.92. The van der Waals surface area contributed by atoms with Gasteiger partial charge in [-0.3, -0.25) is 0 Å². The average molecular weight is 264 g/mol. The molecule has 19 heavy (non-hydrogen) atoms. The highest BCUT2D eigenvalue weighted by Crippen LogP contribution is 2.34. The summed E-state index contributed by atoms with van der Waals surface area (Å²) < 4.78 is 10.8. The zero-order valence-corrected chi connectivity index (χ0v) is 12.1. The summed E-state index contributed by atoms with van der Waals surface area (Å²) in [5, 5.41) is 3.58. The summed E-state index contributed by atoms with van der Waals surface area (Å²) in [6.45, 7) is 5.38. The molecule has 1 atom stereocenters. The van der Waals surface area contributed by atoms with Crippen molar-refractivity contribution < 1.29 is 9.47 Å². The summed E-state index contributed by atoms with van der Waals surface area (Å²) in [4.78, 5) is 2.37. The third kappa shape index (κ3) is 3.32. The van der Waals surface area contributed by atoms with Crippen molar-refractivity contribution in [1.29, 1.82) is 0 Å². The van der Waals surface area contributed by atoms with Gasteiger partial charge in [-0.15, -0.1) is 0 Å². The lowest BCUT2D eigenvalue weighted by molar-refractivity contribution is 0.403. The predicted molar refractivity (Wildman–Crippen MR) is 78.5 cm³/mol. The normalized spacial score (nSPS) is 18.7. The van der Waals surface area contributed by atoms with Gasteiger partial charge in [0.1, 0.15) is 11.5 Å². The zero-order chi connectivity index (χ0) is 13.7. The number of ether oxygens (including phenoxy) is 2. The monoisotopic (exact) mass is 264 g/mol. The van der Waals surface area contributed by atoms with Gasteiger partial charge in [-0.1, -0.05) is 6.92 Å². The number of nitrogens with one attached hydrogen (secondary N) is 1. The van der Waals surface area contributed by atoms with Crippen molar-refractivity contribution >= 4 is 5.69 Å². The molecule has 1 N–H and O–H groups in total. The van der Waals surface area contributed by atoms with Crippen LogP contribution >= 0.6 is 0 Å². The fourth-order valence-corrected chi connectivity index (χ4v) is 2.54. The fraction of sp³-hybridized carbons (Fsp3) is 0.600. The van der Waals surface area contributed by atoms with Crippen LogP contribution in [0.25, 0.3) is 0 Å². The molecule has 4 nitrogen and oxygen atoms in total. The van der Waals surface area contributed by atoms with Crippen LogP contribution in [-0.2, 0) is 0 Å². The van der Waals surface area contributed by atoms with E-state index in [1.54, 1.807) is 14.2 Å². The van der Waals surface area contributed by atoms with Gasteiger partial charge in [0.2, 0.25) is 0 Å². The number of hydrogen-bond donors (Lipinski definition) is 1. The number of anilines is 1. The highest BCUT2D eigenvalue weighted by Gasteiger charge is 2.24. The lowest BCUT2D eigenvalue weighted by Crippen LogP contribution is -2.33. The molecule has 1 aromatic rings. The average Bonchev–Trinajstić information content (AvgIpc) is 2.93. The Kier molecular flexibility index (Phi) is 4.91. The quantitative estimate of drug-likeness (QED) is 0.854. The number of benzene rings is 1. The lowest BCUT2D eigenvalue weighted by Gasteiger charge is -2.22. The van der Waals surface area contributed by atoms with Gasteiger partial charge < -0.3 is 19.7 Å². The molecular formula is C15H24N2O2. The Morgan fingerprint density at radius 1 is 1.32 bits per heavy atom. The fourth-order valence-electron chi connectivity index (χ4n) is 2.54. The van der Waals surface area contributed by atoms with Gasteiger partial charge in [-0.25, -0.2) is 0 Å². The summed E-state index contributed by atoms with van der Waals surface area (Å²) in [7, 11) is 3.41. The summed E-state index contributed by atoms with van der Waals surface area (Å²) in [5.41, 5.74) is 1.13. The number of rotatable bonds is 6. The van der Waals surface area contributed by atoms with Crippen molar-refractivity contribution in [3.63, 3.8) is 0 Å². The van der Waals surface area contributed by atoms with Crippen LogP contribution in [-0.4, -0.2) is 39.9 Å². The molecule has 1 aromatic carbocycles. The second kappa shape index (κ2) is 6.66. The maximum atomic E-state index is 5.46. The molecular weight excluding hydrogens is 240 g/mol. The van der Waals surface area contributed by atoms with E-state index in [1.807, 2.05) is 12.1 Å². The smallest absolute Gasteiger partial charge is 0.142 e. The van der Waals surface area contributed by atoms with Crippen LogP contribution in [0.4, 0.5) is 5.69 Å². The first kappa shape index (κ1) is 14.0. The minimum atomic E-state index is 0.579. The standard InChI is InChI=1S/C15H24N2O2/c1-4-8-16-12-7-9-17(11-12)14-10-13(18-2)5-6-15(14)19-3/h5-6,10,12,16H,4,7-9,11H2,1-3H3. The maximum absolute atomic E-state index is 5.46. The van der Waals surface area contributed by atoms with Crippen molar-refractivity contribution in [2.75, 3.05) is 38.8 Å². The number of hydrogen-bond acceptors (Lipinski definition) is 4. The molecule has 0 aromatic heterocycles. The maximum Gasteiger partial charge on any atom is 0.142 e. The molecule has 1 unspecified atom stereocenters. The van der Waals surface area contributed by atoms with E-state index >= 15 is 0 Å². The molecule has 0 radical (unpaired) electrons. The van der Waals surface area contributed by atoms with E-state index in [-0.39, 0.29) is 0 Å². The van der Waals surface area contributed by atoms with Gasteiger partial charge in [0.25, 0.3) is 0 Å². The summed E-state index contributed by atoms with van der Waals surface area (Å²) >= 11 is 0. The van der Waals surface area contributed by atoms with E-state index in [1.165, 1.54) is 12.8 Å². The molecule has 1 aliphatic rings. The summed E-state index contributed by atoms with van der Waals surface area (Å²) in [5.74, 6) is 1.79. The molecule has 1 heterocycles. The van der Waals surface area contributed by atoms with Crippen molar-refractivity contribution in [1.82, 2.24) is 5.32 Å². The van der Waals surface area contributed by atoms with E-state index in [2.05, 4.69) is 23.2 Å². The molecule has 0 bridgehead atoms. The van der Waals surface area contributed by atoms with E-state index < -0.39 is 0 Å². The first-order valence-electron chi connectivity index (χ1n) is 6.98. The van der Waals surface area contributed by atoms with Crippen LogP contribution in [0.2, 0.25) is 0 Å². The molecule has 0 amide bonds. The van der Waals surface area contributed by atoms with Crippen molar-refractivity contribution in [3.05, 3.63) is 18.2 Å². The van der Waals surface area contributed by atoms with Gasteiger partial charge in [0.15, 0.2) is 0 Å². The van der Waals surface area contributed by atoms with Crippen molar-refractivity contribution in [2.24, 2.45) is 0 Å². The molecule has 1 fully saturated rings. The van der Waals surface area contributed by atoms with Gasteiger partial charge in [-0.2, -0.15) is 0 Å². The van der Waals surface area contributed by atoms with E-state index in [0.717, 1.165) is 36.8 Å². The summed E-state index contributed by atoms with van der Waals surface area (Å²) in [6.07, 6.45) is 2.36. The van der Waals surface area contributed by atoms with Crippen LogP contribution < -0.4 is 19.7 Å². The first-order chi connectivity index (χ1) is 9.28. The van der Waals surface area contributed by atoms with E-state index in [9.17, 15) is 0 Å². The third-order valence-corrected chi connectivity index (χ3v) is 3.60. The molecule has 0 aliphatic carbocycles. The lowest BCUT2D eigenvalue weighted by atomic mass is 10.2. The molecule has 1 aliphatic heterocycles. The predicted octanol–water partition coefficient (Wildman–Crippen LogP) is 2.28. The molecule has 1 saturated heterocycles. The summed E-state index contributed by atoms with van der Waals surface area (Å²) in [6, 6.07) is 6.54. The van der Waals surface area contributed by atoms with Crippen LogP contribution in [0.5, 0.6) is 11.5 Å². The Morgan fingerprint density at radius 2 is 2.16 bits per heavy atom. The Balaban J connectivity index is 2.09. The molecule has 4 heteroatoms. The van der Waals surface area contributed by atoms with Crippen LogP contribution in [0.3, 0.4) is 0 Å². The van der Waals surface area contributed by atoms with Crippen LogP contribution in [0.1, 0.15) is 19.8 Å². The molecule has 0 spiro atoms. The van der Waals surface area contributed by atoms with Gasteiger partial charge in [-0.05, 0) is 31.5 Å². The number of nitrogens with zero attached hydrogens (tertiary/aromatic N) is 1. The molecule has 106 valence electrons. The Morgan fingerprint density at radius 3 is 2.84 bits per heavy atom. The minimum absolute atomic E-state index is 0.579. The van der Waals surface area contributed by atoms with Crippen molar-refractivity contribution in [3.8, 4) is 11.5 Å². The Hall–Kier alpha value is -1.42. The van der Waals surface area contributed by atoms with Gasteiger partial charge in [0, 0.05) is 25.2 Å². The van der Waals surface area contributed by atoms with Gasteiger partial charge >= 0.3 is 0 Å². The third-order valence-electron chi connectivity index (χ3n) is 3.60. The van der Waals surface area contributed by atoms with Crippen LogP contribution in [0.15, 0.2) is 18.2 Å². The highest BCUT2D eigenvalue weighted by atomic mass is 16.5. The largest absolute Gasteiger partial charge is 0.497 e.